The Balaban J connectivity index is 1.73. The highest BCUT2D eigenvalue weighted by atomic mass is 32.2. The second kappa shape index (κ2) is 9.76. The fourth-order valence-corrected chi connectivity index (χ4v) is 6.62. The molecule has 0 fully saturated rings. The molecule has 2 aliphatic heterocycles. The van der Waals surface area contributed by atoms with Gasteiger partial charge in [-0.3, -0.25) is 4.31 Å². The molecule has 0 aromatic heterocycles. The van der Waals surface area contributed by atoms with Gasteiger partial charge in [0.05, 0.1) is 31.9 Å². The largest absolute Gasteiger partial charge is 0.493 e. The Hall–Kier alpha value is -4.49. The standard InChI is InChI=1S/C28H24FN3O5S/c1-3-36-23-13-10-18(14-24(23)35-2)25-21(15-30)28(31)37-26-20-6-4-5-7-22(20)32(38(33,34)27(25)26)16-17-8-11-19(29)12-9-17/h4-14,25H,3,16,31H2,1-2H3/t25-/m0/s1. The van der Waals surface area contributed by atoms with Gasteiger partial charge in [0.2, 0.25) is 5.88 Å². The van der Waals surface area contributed by atoms with E-state index in [0.29, 0.717) is 40.5 Å². The molecule has 3 aromatic carbocycles. The van der Waals surface area contributed by atoms with Crippen LogP contribution in [0.2, 0.25) is 0 Å². The minimum absolute atomic E-state index is 0.0420. The van der Waals surface area contributed by atoms with Gasteiger partial charge in [0.15, 0.2) is 17.3 Å². The van der Waals surface area contributed by atoms with Crippen LogP contribution >= 0.6 is 0 Å². The third-order valence-electron chi connectivity index (χ3n) is 6.42. The van der Waals surface area contributed by atoms with Crippen molar-refractivity contribution in [1.29, 1.82) is 5.26 Å². The van der Waals surface area contributed by atoms with Crippen molar-refractivity contribution in [2.24, 2.45) is 5.73 Å². The molecule has 0 amide bonds. The van der Waals surface area contributed by atoms with Crippen LogP contribution < -0.4 is 19.5 Å². The minimum Gasteiger partial charge on any atom is -0.493 e. The number of benzene rings is 3. The number of methoxy groups -OCH3 is 1. The third-order valence-corrected chi connectivity index (χ3v) is 8.30. The Kier molecular flexibility index (Phi) is 6.46. The van der Waals surface area contributed by atoms with Gasteiger partial charge in [-0.2, -0.15) is 5.26 Å². The molecule has 2 heterocycles. The van der Waals surface area contributed by atoms with E-state index in [1.165, 1.54) is 35.7 Å². The number of anilines is 1. The summed E-state index contributed by atoms with van der Waals surface area (Å²) in [5.41, 5.74) is 8.08. The summed E-state index contributed by atoms with van der Waals surface area (Å²) in [6, 6.07) is 19.5. The first-order chi connectivity index (χ1) is 18.3. The summed E-state index contributed by atoms with van der Waals surface area (Å²) >= 11 is 0. The van der Waals surface area contributed by atoms with Crippen molar-refractivity contribution in [3.63, 3.8) is 0 Å². The average Bonchev–Trinajstić information content (AvgIpc) is 2.91. The highest BCUT2D eigenvalue weighted by Gasteiger charge is 2.47. The normalized spacial score (nSPS) is 17.7. The molecule has 0 saturated carbocycles. The molecule has 0 radical (unpaired) electrons. The monoisotopic (exact) mass is 533 g/mol. The summed E-state index contributed by atoms with van der Waals surface area (Å²) in [7, 11) is -2.79. The molecule has 0 saturated heterocycles. The van der Waals surface area contributed by atoms with E-state index >= 15 is 0 Å². The molecule has 38 heavy (non-hydrogen) atoms. The molecular weight excluding hydrogens is 509 g/mol. The highest BCUT2D eigenvalue weighted by Crippen LogP contribution is 2.52. The first kappa shape index (κ1) is 25.2. The van der Waals surface area contributed by atoms with Gasteiger partial charge in [0, 0.05) is 5.56 Å². The topological polar surface area (TPSA) is 115 Å². The lowest BCUT2D eigenvalue weighted by Crippen LogP contribution is -2.39. The van der Waals surface area contributed by atoms with Gasteiger partial charge >= 0.3 is 0 Å². The van der Waals surface area contributed by atoms with Gasteiger partial charge in [-0.1, -0.05) is 30.3 Å². The summed E-state index contributed by atoms with van der Waals surface area (Å²) in [6.45, 7) is 2.18. The van der Waals surface area contributed by atoms with Crippen LogP contribution in [0.15, 0.2) is 83.1 Å². The van der Waals surface area contributed by atoms with Gasteiger partial charge in [0.25, 0.3) is 10.0 Å². The maximum Gasteiger partial charge on any atom is 0.265 e. The van der Waals surface area contributed by atoms with Crippen LogP contribution in [0, 0.1) is 17.1 Å². The quantitative estimate of drug-likeness (QED) is 0.486. The van der Waals surface area contributed by atoms with Crippen LogP contribution in [-0.4, -0.2) is 22.1 Å². The Labute approximate surface area is 220 Å². The number of ether oxygens (including phenoxy) is 3. The maximum atomic E-state index is 14.3. The molecule has 0 spiro atoms. The molecule has 3 aromatic rings. The molecule has 0 unspecified atom stereocenters. The number of para-hydroxylation sites is 1. The van der Waals surface area contributed by atoms with Crippen molar-refractivity contribution in [1.82, 2.24) is 0 Å². The van der Waals surface area contributed by atoms with Gasteiger partial charge in [-0.05, 0) is 54.4 Å². The van der Waals surface area contributed by atoms with E-state index in [2.05, 4.69) is 0 Å². The minimum atomic E-state index is -4.27. The van der Waals surface area contributed by atoms with E-state index in [0.717, 1.165) is 0 Å². The first-order valence-corrected chi connectivity index (χ1v) is 13.2. The number of nitrogens with zero attached hydrogens (tertiary/aromatic N) is 2. The van der Waals surface area contributed by atoms with Crippen molar-refractivity contribution < 1.29 is 27.0 Å². The lowest BCUT2D eigenvalue weighted by atomic mass is 9.88. The Morgan fingerprint density at radius 1 is 1.11 bits per heavy atom. The van der Waals surface area contributed by atoms with Crippen molar-refractivity contribution in [3.8, 4) is 17.6 Å². The second-order valence-corrected chi connectivity index (χ2v) is 10.4. The van der Waals surface area contributed by atoms with Crippen molar-refractivity contribution >= 4 is 21.5 Å². The highest BCUT2D eigenvalue weighted by molar-refractivity contribution is 7.96. The van der Waals surface area contributed by atoms with Crippen LogP contribution in [0.5, 0.6) is 11.5 Å². The smallest absolute Gasteiger partial charge is 0.265 e. The number of sulfonamides is 1. The van der Waals surface area contributed by atoms with Crippen LogP contribution in [0.4, 0.5) is 10.1 Å². The zero-order valence-corrected chi connectivity index (χ0v) is 21.5. The van der Waals surface area contributed by atoms with Crippen molar-refractivity contribution in [3.05, 3.63) is 106 Å². The lowest BCUT2D eigenvalue weighted by Gasteiger charge is -2.38. The maximum absolute atomic E-state index is 14.3. The van der Waals surface area contributed by atoms with Gasteiger partial charge in [-0.15, -0.1) is 0 Å². The van der Waals surface area contributed by atoms with Gasteiger partial charge in [0.1, 0.15) is 22.4 Å². The Morgan fingerprint density at radius 3 is 2.53 bits per heavy atom. The Morgan fingerprint density at radius 2 is 1.84 bits per heavy atom. The SMILES string of the molecule is CCOc1ccc([C@H]2C(C#N)=C(N)OC3=C2S(=O)(=O)N(Cc2ccc(F)cc2)c2ccccc23)cc1OC. The van der Waals surface area contributed by atoms with E-state index in [1.807, 2.05) is 13.0 Å². The number of nitrogens with two attached hydrogens (primary N) is 1. The third kappa shape index (κ3) is 4.11. The molecule has 10 heteroatoms. The summed E-state index contributed by atoms with van der Waals surface area (Å²) in [5.74, 6) is -0.755. The van der Waals surface area contributed by atoms with Crippen molar-refractivity contribution in [2.45, 2.75) is 19.4 Å². The summed E-state index contributed by atoms with van der Waals surface area (Å²) in [5, 5.41) is 10.1. The van der Waals surface area contributed by atoms with E-state index < -0.39 is 21.8 Å². The second-order valence-electron chi connectivity index (χ2n) is 8.62. The van der Waals surface area contributed by atoms with E-state index in [4.69, 9.17) is 19.9 Å². The fourth-order valence-electron chi connectivity index (χ4n) is 4.71. The molecule has 2 aliphatic rings. The number of rotatable bonds is 6. The van der Waals surface area contributed by atoms with Crippen LogP contribution in [0.3, 0.4) is 0 Å². The number of hydrogen-bond acceptors (Lipinski definition) is 7. The molecule has 0 bridgehead atoms. The molecule has 2 N–H and O–H groups in total. The average molecular weight is 534 g/mol. The number of halogens is 1. The van der Waals surface area contributed by atoms with E-state index in [1.54, 1.807) is 42.5 Å². The van der Waals surface area contributed by atoms with Crippen molar-refractivity contribution in [2.75, 3.05) is 18.0 Å². The summed E-state index contributed by atoms with van der Waals surface area (Å²) < 4.78 is 60.4. The van der Waals surface area contributed by atoms with E-state index in [-0.39, 0.29) is 28.7 Å². The summed E-state index contributed by atoms with van der Waals surface area (Å²) in [6.07, 6.45) is 0. The Bertz CT molecular complexity index is 1620. The van der Waals surface area contributed by atoms with Gasteiger partial charge in [-0.25, -0.2) is 12.8 Å². The zero-order valence-electron chi connectivity index (χ0n) is 20.6. The number of hydrogen-bond donors (Lipinski definition) is 1. The van der Waals surface area contributed by atoms with Gasteiger partial charge < -0.3 is 19.9 Å². The lowest BCUT2D eigenvalue weighted by molar-refractivity contribution is 0.310. The number of fused-ring (bicyclic) bond motifs is 2. The number of nitriles is 1. The summed E-state index contributed by atoms with van der Waals surface area (Å²) in [4.78, 5) is -0.115. The molecule has 1 atom stereocenters. The zero-order chi connectivity index (χ0) is 27.0. The van der Waals surface area contributed by atoms with E-state index in [9.17, 15) is 18.1 Å². The van der Waals surface area contributed by atoms with Crippen LogP contribution in [0.1, 0.15) is 29.5 Å². The first-order valence-electron chi connectivity index (χ1n) is 11.8. The van der Waals surface area contributed by atoms with Crippen LogP contribution in [0.25, 0.3) is 5.76 Å². The molecule has 194 valence electrons. The molecular formula is C28H24FN3O5S. The molecule has 8 nitrogen and oxygen atoms in total. The van der Waals surface area contributed by atoms with Crippen LogP contribution in [-0.2, 0) is 21.3 Å². The predicted octanol–water partition coefficient (Wildman–Crippen LogP) is 4.76. The molecule has 5 rings (SSSR count). The number of allylic oxidation sites excluding steroid dienone is 2. The fraction of sp³-hybridized carbons (Fsp3) is 0.179. The predicted molar refractivity (Wildman–Crippen MR) is 140 cm³/mol. The molecule has 0 aliphatic carbocycles.